The second-order valence-electron chi connectivity index (χ2n) is 7.21. The summed E-state index contributed by atoms with van der Waals surface area (Å²) in [4.78, 5) is 37.5. The van der Waals surface area contributed by atoms with Crippen LogP contribution in [0.4, 0.5) is 5.69 Å². The van der Waals surface area contributed by atoms with Crippen molar-refractivity contribution in [1.82, 2.24) is 10.6 Å². The van der Waals surface area contributed by atoms with Crippen LogP contribution in [0.3, 0.4) is 0 Å². The Morgan fingerprint density at radius 1 is 0.935 bits per heavy atom. The molecule has 0 aliphatic carbocycles. The Kier molecular flexibility index (Phi) is 7.22. The normalized spacial score (nSPS) is 11.4. The van der Waals surface area contributed by atoms with Crippen LogP contribution in [0, 0.1) is 13.8 Å². The van der Waals surface area contributed by atoms with Gasteiger partial charge in [-0.05, 0) is 48.7 Å². The Bertz CT molecular complexity index is 1050. The summed E-state index contributed by atoms with van der Waals surface area (Å²) >= 11 is 0. The second-order valence-corrected chi connectivity index (χ2v) is 7.21. The zero-order valence-electron chi connectivity index (χ0n) is 17.5. The summed E-state index contributed by atoms with van der Waals surface area (Å²) in [5, 5.41) is 8.09. The summed E-state index contributed by atoms with van der Waals surface area (Å²) in [5.41, 5.74) is 3.61. The highest BCUT2D eigenvalue weighted by molar-refractivity contribution is 5.98. The van der Waals surface area contributed by atoms with E-state index >= 15 is 0 Å². The molecule has 0 bridgehead atoms. The molecular formula is C24H25N3O4. The molecule has 1 heterocycles. The second kappa shape index (κ2) is 10.2. The number of anilines is 1. The minimum Gasteiger partial charge on any atom is -0.459 e. The number of furan rings is 1. The van der Waals surface area contributed by atoms with Crippen molar-refractivity contribution in [3.05, 3.63) is 89.4 Å². The minimum absolute atomic E-state index is 0.110. The number of aryl methyl sites for hydroxylation is 1. The number of nitrogens with one attached hydrogen (secondary N) is 3. The van der Waals surface area contributed by atoms with E-state index in [1.807, 2.05) is 62.4 Å². The number of amides is 3. The fourth-order valence-electron chi connectivity index (χ4n) is 3.07. The monoisotopic (exact) mass is 419 g/mol. The lowest BCUT2D eigenvalue weighted by Crippen LogP contribution is -2.49. The molecule has 1 aromatic heterocycles. The molecule has 0 saturated heterocycles. The van der Waals surface area contributed by atoms with Gasteiger partial charge >= 0.3 is 0 Å². The van der Waals surface area contributed by atoms with Gasteiger partial charge in [-0.3, -0.25) is 14.4 Å². The van der Waals surface area contributed by atoms with Gasteiger partial charge < -0.3 is 20.4 Å². The Balaban J connectivity index is 1.63. The molecule has 0 fully saturated rings. The molecule has 0 saturated carbocycles. The van der Waals surface area contributed by atoms with Crippen molar-refractivity contribution in [2.75, 3.05) is 11.9 Å². The van der Waals surface area contributed by atoms with Crippen LogP contribution in [0.15, 0.2) is 71.3 Å². The molecule has 0 unspecified atom stereocenters. The first-order chi connectivity index (χ1) is 14.9. The third kappa shape index (κ3) is 6.05. The van der Waals surface area contributed by atoms with Crippen LogP contribution >= 0.6 is 0 Å². The van der Waals surface area contributed by atoms with Crippen LogP contribution in [-0.4, -0.2) is 30.3 Å². The quantitative estimate of drug-likeness (QED) is 0.523. The van der Waals surface area contributed by atoms with Crippen molar-refractivity contribution in [3.63, 3.8) is 0 Å². The predicted octanol–water partition coefficient (Wildman–Crippen LogP) is 2.99. The number of carbonyl (C=O) groups is 3. The van der Waals surface area contributed by atoms with Crippen LogP contribution in [0.1, 0.15) is 27.2 Å². The van der Waals surface area contributed by atoms with E-state index in [4.69, 9.17) is 4.42 Å². The zero-order chi connectivity index (χ0) is 22.2. The van der Waals surface area contributed by atoms with E-state index in [1.165, 1.54) is 12.3 Å². The topological polar surface area (TPSA) is 100 Å². The molecule has 0 aliphatic rings. The largest absolute Gasteiger partial charge is 0.459 e. The van der Waals surface area contributed by atoms with Crippen molar-refractivity contribution in [3.8, 4) is 0 Å². The molecule has 2 aromatic carbocycles. The smallest absolute Gasteiger partial charge is 0.287 e. The van der Waals surface area contributed by atoms with E-state index in [-0.39, 0.29) is 24.6 Å². The van der Waals surface area contributed by atoms with Gasteiger partial charge in [-0.25, -0.2) is 0 Å². The Hall–Kier alpha value is -3.87. The molecular weight excluding hydrogens is 394 g/mol. The summed E-state index contributed by atoms with van der Waals surface area (Å²) in [5.74, 6) is -1.20. The molecule has 3 rings (SSSR count). The van der Waals surface area contributed by atoms with E-state index in [2.05, 4.69) is 16.0 Å². The van der Waals surface area contributed by atoms with Crippen LogP contribution < -0.4 is 16.0 Å². The SMILES string of the molecule is Cc1cccc(NC(=O)CNC(=O)[C@H](Cc2ccccc2)NC(=O)c2ccco2)c1C. The Morgan fingerprint density at radius 2 is 1.71 bits per heavy atom. The van der Waals surface area contributed by atoms with Crippen LogP contribution in [-0.2, 0) is 16.0 Å². The third-order valence-corrected chi connectivity index (χ3v) is 4.95. The Morgan fingerprint density at radius 3 is 2.42 bits per heavy atom. The average molecular weight is 419 g/mol. The number of carbonyl (C=O) groups excluding carboxylic acids is 3. The number of rotatable bonds is 8. The Labute approximate surface area is 180 Å². The van der Waals surface area contributed by atoms with E-state index in [9.17, 15) is 14.4 Å². The van der Waals surface area contributed by atoms with Gasteiger partial charge in [0.25, 0.3) is 5.91 Å². The van der Waals surface area contributed by atoms with Crippen LogP contribution in [0.2, 0.25) is 0 Å². The lowest BCUT2D eigenvalue weighted by molar-refractivity contribution is -0.125. The molecule has 3 N–H and O–H groups in total. The van der Waals surface area contributed by atoms with Gasteiger partial charge in [0.05, 0.1) is 12.8 Å². The molecule has 3 aromatic rings. The van der Waals surface area contributed by atoms with E-state index in [1.54, 1.807) is 6.07 Å². The third-order valence-electron chi connectivity index (χ3n) is 4.95. The molecule has 160 valence electrons. The number of hydrogen-bond acceptors (Lipinski definition) is 4. The summed E-state index contributed by atoms with van der Waals surface area (Å²) in [6, 6.07) is 17.2. The summed E-state index contributed by atoms with van der Waals surface area (Å²) < 4.78 is 5.10. The molecule has 3 amide bonds. The standard InChI is InChI=1S/C24H25N3O4/c1-16-8-6-11-19(17(16)2)26-22(28)15-25-23(29)20(14-18-9-4-3-5-10-18)27-24(30)21-12-7-13-31-21/h3-13,20H,14-15H2,1-2H3,(H,25,29)(H,26,28)(H,27,30)/t20-/m0/s1. The maximum atomic E-state index is 12.8. The highest BCUT2D eigenvalue weighted by Gasteiger charge is 2.23. The first-order valence-corrected chi connectivity index (χ1v) is 9.96. The molecule has 0 aliphatic heterocycles. The van der Waals surface area contributed by atoms with Crippen molar-refractivity contribution < 1.29 is 18.8 Å². The number of hydrogen-bond donors (Lipinski definition) is 3. The van der Waals surface area contributed by atoms with Gasteiger partial charge in [0.1, 0.15) is 6.04 Å². The van der Waals surface area contributed by atoms with Crippen molar-refractivity contribution in [1.29, 1.82) is 0 Å². The predicted molar refractivity (Wildman–Crippen MR) is 118 cm³/mol. The van der Waals surface area contributed by atoms with Gasteiger partial charge in [-0.1, -0.05) is 42.5 Å². The van der Waals surface area contributed by atoms with E-state index in [0.717, 1.165) is 16.7 Å². The van der Waals surface area contributed by atoms with E-state index in [0.29, 0.717) is 5.69 Å². The number of benzene rings is 2. The molecule has 7 nitrogen and oxygen atoms in total. The highest BCUT2D eigenvalue weighted by atomic mass is 16.3. The minimum atomic E-state index is -0.867. The molecule has 7 heteroatoms. The highest BCUT2D eigenvalue weighted by Crippen LogP contribution is 2.17. The first-order valence-electron chi connectivity index (χ1n) is 9.96. The van der Waals surface area contributed by atoms with Gasteiger partial charge in [-0.2, -0.15) is 0 Å². The summed E-state index contributed by atoms with van der Waals surface area (Å²) in [7, 11) is 0. The van der Waals surface area contributed by atoms with Crippen LogP contribution in [0.25, 0.3) is 0 Å². The summed E-state index contributed by atoms with van der Waals surface area (Å²) in [6.07, 6.45) is 1.66. The molecule has 1 atom stereocenters. The molecule has 0 spiro atoms. The van der Waals surface area contributed by atoms with Gasteiger partial charge in [-0.15, -0.1) is 0 Å². The first kappa shape index (κ1) is 21.8. The van der Waals surface area contributed by atoms with Crippen LogP contribution in [0.5, 0.6) is 0 Å². The van der Waals surface area contributed by atoms with E-state index < -0.39 is 17.9 Å². The van der Waals surface area contributed by atoms with Crippen molar-refractivity contribution >= 4 is 23.4 Å². The van der Waals surface area contributed by atoms with Crippen molar-refractivity contribution in [2.45, 2.75) is 26.3 Å². The van der Waals surface area contributed by atoms with Gasteiger partial charge in [0, 0.05) is 12.1 Å². The van der Waals surface area contributed by atoms with Gasteiger partial charge in [0.2, 0.25) is 11.8 Å². The maximum Gasteiger partial charge on any atom is 0.287 e. The average Bonchev–Trinajstić information content (AvgIpc) is 3.31. The van der Waals surface area contributed by atoms with Gasteiger partial charge in [0.15, 0.2) is 5.76 Å². The zero-order valence-corrected chi connectivity index (χ0v) is 17.5. The summed E-state index contributed by atoms with van der Waals surface area (Å²) in [6.45, 7) is 3.67. The lowest BCUT2D eigenvalue weighted by Gasteiger charge is -2.18. The van der Waals surface area contributed by atoms with Crippen molar-refractivity contribution in [2.24, 2.45) is 0 Å². The maximum absolute atomic E-state index is 12.8. The fourth-order valence-corrected chi connectivity index (χ4v) is 3.07. The lowest BCUT2D eigenvalue weighted by atomic mass is 10.0. The fraction of sp³-hybridized carbons (Fsp3) is 0.208. The molecule has 31 heavy (non-hydrogen) atoms. The molecule has 0 radical (unpaired) electrons.